The smallest absolute Gasteiger partial charge is 0.287 e. The highest BCUT2D eigenvalue weighted by Crippen LogP contribution is 2.32. The number of benzene rings is 3. The standard InChI is InChI=1S/C35H33Cl2N3O5/c36-25-9-7-22(8-10-25)18-29(38-34(43)32-20-30(41)28-12-11-26(37)19-31(28)45-32)35(44)39-16-13-23(14-17-39)27-5-2-1-4-24(27)21-40-15-3-6-33(40)42/h1-2,4-5,7-12,19-20,23,29H,3,6,13-18,21H2,(H,38,43)/t29-/m1/s1. The Bertz CT molecular complexity index is 1800. The molecule has 2 fully saturated rings. The maximum atomic E-state index is 14.0. The van der Waals surface area contributed by atoms with Gasteiger partial charge in [-0.05, 0) is 66.1 Å². The molecule has 0 saturated carbocycles. The maximum absolute atomic E-state index is 14.0. The predicted octanol–water partition coefficient (Wildman–Crippen LogP) is 5.97. The Labute approximate surface area is 270 Å². The van der Waals surface area contributed by atoms with E-state index in [-0.39, 0.29) is 40.9 Å². The number of hydrogen-bond donors (Lipinski definition) is 1. The van der Waals surface area contributed by atoms with Crippen LogP contribution in [0, 0.1) is 0 Å². The van der Waals surface area contributed by atoms with Crippen molar-refractivity contribution in [3.63, 3.8) is 0 Å². The lowest BCUT2D eigenvalue weighted by molar-refractivity contribution is -0.134. The number of nitrogens with one attached hydrogen (secondary N) is 1. The number of fused-ring (bicyclic) bond motifs is 1. The summed E-state index contributed by atoms with van der Waals surface area (Å²) in [4.78, 5) is 56.1. The molecule has 3 aromatic carbocycles. The third-order valence-corrected chi connectivity index (χ3v) is 9.19. The molecular formula is C35H33Cl2N3O5. The molecule has 1 atom stereocenters. The van der Waals surface area contributed by atoms with Gasteiger partial charge in [0.15, 0.2) is 11.2 Å². The Kier molecular flexibility index (Phi) is 9.24. The zero-order chi connectivity index (χ0) is 31.5. The number of piperidine rings is 1. The summed E-state index contributed by atoms with van der Waals surface area (Å²) in [6.45, 7) is 2.45. The number of likely N-dealkylation sites (tertiary alicyclic amines) is 2. The van der Waals surface area contributed by atoms with Gasteiger partial charge in [0.2, 0.25) is 11.8 Å². The molecule has 0 unspecified atom stereocenters. The molecule has 0 spiro atoms. The lowest BCUT2D eigenvalue weighted by Gasteiger charge is -2.35. The average Bonchev–Trinajstić information content (AvgIpc) is 3.45. The van der Waals surface area contributed by atoms with E-state index in [1.54, 1.807) is 29.2 Å². The fourth-order valence-electron chi connectivity index (χ4n) is 6.31. The van der Waals surface area contributed by atoms with Gasteiger partial charge in [0.1, 0.15) is 11.6 Å². The zero-order valence-electron chi connectivity index (χ0n) is 24.6. The molecule has 1 N–H and O–H groups in total. The summed E-state index contributed by atoms with van der Waals surface area (Å²) in [7, 11) is 0. The van der Waals surface area contributed by atoms with Crippen LogP contribution in [0.2, 0.25) is 10.0 Å². The quantitative estimate of drug-likeness (QED) is 0.255. The van der Waals surface area contributed by atoms with Crippen molar-refractivity contribution in [2.24, 2.45) is 0 Å². The number of amides is 3. The molecule has 3 heterocycles. The molecule has 4 aromatic rings. The van der Waals surface area contributed by atoms with E-state index in [2.05, 4.69) is 17.4 Å². The van der Waals surface area contributed by atoms with Crippen LogP contribution in [0.15, 0.2) is 82.0 Å². The Morgan fingerprint density at radius 1 is 0.911 bits per heavy atom. The molecule has 2 aliphatic rings. The molecule has 2 saturated heterocycles. The van der Waals surface area contributed by atoms with Crippen molar-refractivity contribution in [1.29, 1.82) is 0 Å². The van der Waals surface area contributed by atoms with Crippen molar-refractivity contribution in [2.45, 2.75) is 50.6 Å². The minimum absolute atomic E-state index is 0.192. The van der Waals surface area contributed by atoms with Crippen LogP contribution in [-0.4, -0.2) is 53.2 Å². The normalized spacial score (nSPS) is 16.3. The third kappa shape index (κ3) is 7.08. The Morgan fingerprint density at radius 3 is 2.38 bits per heavy atom. The number of carbonyl (C=O) groups excluding carboxylic acids is 3. The first-order valence-electron chi connectivity index (χ1n) is 15.2. The highest BCUT2D eigenvalue weighted by Gasteiger charge is 2.32. The lowest BCUT2D eigenvalue weighted by atomic mass is 9.86. The first-order chi connectivity index (χ1) is 21.7. The van der Waals surface area contributed by atoms with Gasteiger partial charge in [0.25, 0.3) is 5.91 Å². The van der Waals surface area contributed by atoms with E-state index in [1.165, 1.54) is 11.6 Å². The van der Waals surface area contributed by atoms with Crippen LogP contribution in [0.3, 0.4) is 0 Å². The van der Waals surface area contributed by atoms with E-state index >= 15 is 0 Å². The summed E-state index contributed by atoms with van der Waals surface area (Å²) in [5.41, 5.74) is 3.02. The van der Waals surface area contributed by atoms with Crippen molar-refractivity contribution in [1.82, 2.24) is 15.1 Å². The summed E-state index contributed by atoms with van der Waals surface area (Å²) < 4.78 is 5.74. The van der Waals surface area contributed by atoms with Crippen LogP contribution < -0.4 is 10.7 Å². The van der Waals surface area contributed by atoms with Gasteiger partial charge in [-0.2, -0.15) is 0 Å². The van der Waals surface area contributed by atoms with Crippen LogP contribution in [0.5, 0.6) is 0 Å². The summed E-state index contributed by atoms with van der Waals surface area (Å²) >= 11 is 12.2. The Balaban J connectivity index is 1.18. The van der Waals surface area contributed by atoms with Gasteiger partial charge in [-0.15, -0.1) is 0 Å². The lowest BCUT2D eigenvalue weighted by Crippen LogP contribution is -2.51. The van der Waals surface area contributed by atoms with Crippen molar-refractivity contribution >= 4 is 51.9 Å². The fraction of sp³-hybridized carbons (Fsp3) is 0.314. The van der Waals surface area contributed by atoms with Gasteiger partial charge in [0.05, 0.1) is 5.39 Å². The van der Waals surface area contributed by atoms with Crippen molar-refractivity contribution in [3.05, 3.63) is 116 Å². The second-order valence-corrected chi connectivity index (χ2v) is 12.6. The first kappa shape index (κ1) is 30.9. The molecule has 0 radical (unpaired) electrons. The number of halogens is 2. The van der Waals surface area contributed by atoms with E-state index in [0.717, 1.165) is 43.0 Å². The maximum Gasteiger partial charge on any atom is 0.287 e. The molecule has 45 heavy (non-hydrogen) atoms. The Hall–Kier alpha value is -4.14. The summed E-state index contributed by atoms with van der Waals surface area (Å²) in [5.74, 6) is -0.618. The largest absolute Gasteiger partial charge is 0.451 e. The van der Waals surface area contributed by atoms with Crippen LogP contribution >= 0.6 is 23.2 Å². The van der Waals surface area contributed by atoms with Crippen molar-refractivity contribution in [2.75, 3.05) is 19.6 Å². The summed E-state index contributed by atoms with van der Waals surface area (Å²) in [6, 6.07) is 20.2. The number of nitrogens with zero attached hydrogens (tertiary/aromatic N) is 2. The van der Waals surface area contributed by atoms with Gasteiger partial charge < -0.3 is 19.5 Å². The van der Waals surface area contributed by atoms with Gasteiger partial charge in [-0.3, -0.25) is 19.2 Å². The Morgan fingerprint density at radius 2 is 1.64 bits per heavy atom. The van der Waals surface area contributed by atoms with Gasteiger partial charge in [-0.25, -0.2) is 0 Å². The van der Waals surface area contributed by atoms with Gasteiger partial charge in [-0.1, -0.05) is 59.6 Å². The second-order valence-electron chi connectivity index (χ2n) is 11.7. The fourth-order valence-corrected chi connectivity index (χ4v) is 6.60. The van der Waals surface area contributed by atoms with Gasteiger partial charge in [0, 0.05) is 61.2 Å². The molecule has 0 bridgehead atoms. The molecule has 232 valence electrons. The van der Waals surface area contributed by atoms with Crippen LogP contribution in [0.25, 0.3) is 11.0 Å². The number of carbonyl (C=O) groups is 3. The third-order valence-electron chi connectivity index (χ3n) is 8.71. The number of hydrogen-bond acceptors (Lipinski definition) is 5. The van der Waals surface area contributed by atoms with E-state index in [4.69, 9.17) is 27.6 Å². The van der Waals surface area contributed by atoms with Crippen LogP contribution in [0.1, 0.15) is 58.8 Å². The van der Waals surface area contributed by atoms with E-state index < -0.39 is 11.9 Å². The monoisotopic (exact) mass is 645 g/mol. The molecule has 2 aliphatic heterocycles. The average molecular weight is 647 g/mol. The second kappa shape index (κ2) is 13.5. The molecule has 3 amide bonds. The highest BCUT2D eigenvalue weighted by molar-refractivity contribution is 6.31. The number of rotatable bonds is 8. The molecule has 1 aromatic heterocycles. The van der Waals surface area contributed by atoms with Crippen LogP contribution in [0.4, 0.5) is 0 Å². The highest BCUT2D eigenvalue weighted by atomic mass is 35.5. The molecule has 8 nitrogen and oxygen atoms in total. The minimum atomic E-state index is -0.899. The first-order valence-corrected chi connectivity index (χ1v) is 15.9. The summed E-state index contributed by atoms with van der Waals surface area (Å²) in [6.07, 6.45) is 3.27. The zero-order valence-corrected chi connectivity index (χ0v) is 26.2. The van der Waals surface area contributed by atoms with E-state index in [1.807, 2.05) is 29.2 Å². The molecule has 10 heteroatoms. The van der Waals surface area contributed by atoms with Gasteiger partial charge >= 0.3 is 0 Å². The minimum Gasteiger partial charge on any atom is -0.451 e. The van der Waals surface area contributed by atoms with Crippen molar-refractivity contribution < 1.29 is 18.8 Å². The SMILES string of the molecule is O=C(N[C@H](Cc1ccc(Cl)cc1)C(=O)N1CCC(c2ccccc2CN2CCCC2=O)CC1)c1cc(=O)c2ccc(Cl)cc2o1. The van der Waals surface area contributed by atoms with Crippen LogP contribution in [-0.2, 0) is 22.6 Å². The molecule has 0 aliphatic carbocycles. The van der Waals surface area contributed by atoms with Crippen molar-refractivity contribution in [3.8, 4) is 0 Å². The summed E-state index contributed by atoms with van der Waals surface area (Å²) in [5, 5.41) is 4.08. The molecular weight excluding hydrogens is 613 g/mol. The van der Waals surface area contributed by atoms with E-state index in [9.17, 15) is 19.2 Å². The topological polar surface area (TPSA) is 99.9 Å². The predicted molar refractivity (Wildman–Crippen MR) is 174 cm³/mol. The molecule has 6 rings (SSSR count). The van der Waals surface area contributed by atoms with E-state index in [0.29, 0.717) is 41.5 Å².